The highest BCUT2D eigenvalue weighted by Crippen LogP contribution is 2.12. The summed E-state index contributed by atoms with van der Waals surface area (Å²) in [6, 6.07) is 13.0. The minimum Gasteiger partial charge on any atom is -0.497 e. The van der Waals surface area contributed by atoms with Crippen LogP contribution in [0.3, 0.4) is 0 Å². The summed E-state index contributed by atoms with van der Waals surface area (Å²) in [6.45, 7) is 0.380. The maximum Gasteiger partial charge on any atom is 0.331 e. The van der Waals surface area contributed by atoms with Crippen molar-refractivity contribution in [1.29, 1.82) is 0 Å². The van der Waals surface area contributed by atoms with E-state index in [0.717, 1.165) is 15.9 Å². The van der Waals surface area contributed by atoms with Crippen molar-refractivity contribution in [2.75, 3.05) is 7.11 Å². The summed E-state index contributed by atoms with van der Waals surface area (Å²) in [5.41, 5.74) is 0.704. The van der Waals surface area contributed by atoms with Gasteiger partial charge in [0.25, 0.3) is 5.56 Å². The first-order chi connectivity index (χ1) is 12.5. The zero-order valence-corrected chi connectivity index (χ0v) is 15.6. The maximum atomic E-state index is 13.1. The van der Waals surface area contributed by atoms with Gasteiger partial charge in [0, 0.05) is 6.20 Å². The van der Waals surface area contributed by atoms with E-state index < -0.39 is 11.2 Å². The second-order valence-electron chi connectivity index (χ2n) is 5.75. The second kappa shape index (κ2) is 7.70. The summed E-state index contributed by atoms with van der Waals surface area (Å²) in [7, 11) is 1.59. The van der Waals surface area contributed by atoms with E-state index in [1.807, 2.05) is 24.3 Å². The van der Waals surface area contributed by atoms with Gasteiger partial charge < -0.3 is 4.74 Å². The quantitative estimate of drug-likeness (QED) is 0.639. The maximum absolute atomic E-state index is 13.1. The molecule has 0 aliphatic rings. The van der Waals surface area contributed by atoms with Crippen molar-refractivity contribution in [2.45, 2.75) is 13.1 Å². The third-order valence-electron chi connectivity index (χ3n) is 3.96. The topological polar surface area (TPSA) is 53.2 Å². The van der Waals surface area contributed by atoms with Gasteiger partial charge >= 0.3 is 5.69 Å². The lowest BCUT2D eigenvalue weighted by atomic mass is 10.2. The van der Waals surface area contributed by atoms with Gasteiger partial charge in [-0.2, -0.15) is 0 Å². The van der Waals surface area contributed by atoms with Gasteiger partial charge in [-0.1, -0.05) is 24.3 Å². The van der Waals surface area contributed by atoms with E-state index in [1.165, 1.54) is 22.9 Å². The Labute approximate surface area is 157 Å². The van der Waals surface area contributed by atoms with Crippen LogP contribution < -0.4 is 16.0 Å². The van der Waals surface area contributed by atoms with E-state index in [9.17, 15) is 14.0 Å². The average Bonchev–Trinajstić information content (AvgIpc) is 2.65. The van der Waals surface area contributed by atoms with Crippen molar-refractivity contribution >= 4 is 15.9 Å². The Morgan fingerprint density at radius 3 is 2.15 bits per heavy atom. The average molecular weight is 419 g/mol. The van der Waals surface area contributed by atoms with Gasteiger partial charge in [-0.3, -0.25) is 13.9 Å². The van der Waals surface area contributed by atoms with Crippen LogP contribution >= 0.6 is 15.9 Å². The van der Waals surface area contributed by atoms with Crippen molar-refractivity contribution in [3.05, 3.63) is 97.0 Å². The molecule has 5 nitrogen and oxygen atoms in total. The third kappa shape index (κ3) is 3.94. The van der Waals surface area contributed by atoms with Gasteiger partial charge in [-0.25, -0.2) is 9.18 Å². The fourth-order valence-electron chi connectivity index (χ4n) is 2.57. The van der Waals surface area contributed by atoms with Crippen molar-refractivity contribution in [3.63, 3.8) is 0 Å². The molecule has 7 heteroatoms. The molecule has 26 heavy (non-hydrogen) atoms. The van der Waals surface area contributed by atoms with E-state index >= 15 is 0 Å². The van der Waals surface area contributed by atoms with Crippen molar-refractivity contribution in [3.8, 4) is 5.75 Å². The van der Waals surface area contributed by atoms with E-state index in [1.54, 1.807) is 19.2 Å². The van der Waals surface area contributed by atoms with Gasteiger partial charge in [0.1, 0.15) is 11.6 Å². The molecule has 0 bridgehead atoms. The minimum atomic E-state index is -0.432. The lowest BCUT2D eigenvalue weighted by molar-refractivity contribution is 0.414. The molecule has 0 aliphatic carbocycles. The molecule has 0 amide bonds. The van der Waals surface area contributed by atoms with Crippen molar-refractivity contribution in [1.82, 2.24) is 9.13 Å². The highest BCUT2D eigenvalue weighted by Gasteiger charge is 2.11. The number of ether oxygens (including phenoxy) is 1. The van der Waals surface area contributed by atoms with Gasteiger partial charge in [0.05, 0.1) is 24.7 Å². The normalized spacial score (nSPS) is 10.7. The third-order valence-corrected chi connectivity index (χ3v) is 4.51. The van der Waals surface area contributed by atoms with Crippen LogP contribution in [0.25, 0.3) is 0 Å². The summed E-state index contributed by atoms with van der Waals surface area (Å²) >= 11 is 3.22. The Morgan fingerprint density at radius 2 is 1.54 bits per heavy atom. The molecule has 0 N–H and O–H groups in total. The summed E-state index contributed by atoms with van der Waals surface area (Å²) in [5.74, 6) is 0.357. The van der Waals surface area contributed by atoms with Crippen LogP contribution in [0.15, 0.2) is 68.8 Å². The van der Waals surface area contributed by atoms with Crippen LogP contribution in [-0.2, 0) is 13.1 Å². The second-order valence-corrected chi connectivity index (χ2v) is 6.61. The fourth-order valence-corrected chi connectivity index (χ4v) is 3.03. The smallest absolute Gasteiger partial charge is 0.331 e. The van der Waals surface area contributed by atoms with Crippen LogP contribution in [0.5, 0.6) is 5.75 Å². The molecule has 1 heterocycles. The number of methoxy groups -OCH3 is 1. The highest BCUT2D eigenvalue weighted by molar-refractivity contribution is 9.10. The van der Waals surface area contributed by atoms with Gasteiger partial charge in [-0.05, 0) is 51.3 Å². The molecule has 0 unspecified atom stereocenters. The molecule has 0 saturated heterocycles. The van der Waals surface area contributed by atoms with E-state index in [2.05, 4.69) is 15.9 Å². The summed E-state index contributed by atoms with van der Waals surface area (Å²) < 4.78 is 21.0. The Hall–Kier alpha value is -2.67. The number of hydrogen-bond acceptors (Lipinski definition) is 3. The minimum absolute atomic E-state index is 0.0694. The summed E-state index contributed by atoms with van der Waals surface area (Å²) in [6.07, 6.45) is 1.48. The summed E-state index contributed by atoms with van der Waals surface area (Å²) in [4.78, 5) is 25.1. The number of rotatable bonds is 5. The number of aromatic nitrogens is 2. The predicted octanol–water partition coefficient (Wildman–Crippen LogP) is 3.02. The first-order valence-electron chi connectivity index (χ1n) is 7.85. The highest BCUT2D eigenvalue weighted by atomic mass is 79.9. The number of halogens is 2. The molecule has 2 aromatic carbocycles. The molecule has 1 aromatic heterocycles. The Bertz CT molecular complexity index is 1020. The lowest BCUT2D eigenvalue weighted by Gasteiger charge is -2.12. The molecule has 3 rings (SSSR count). The zero-order chi connectivity index (χ0) is 18.7. The molecular formula is C19H16BrFN2O3. The van der Waals surface area contributed by atoms with Crippen LogP contribution in [0.4, 0.5) is 4.39 Å². The lowest BCUT2D eigenvalue weighted by Crippen LogP contribution is -2.40. The molecular weight excluding hydrogens is 403 g/mol. The van der Waals surface area contributed by atoms with Crippen molar-refractivity contribution in [2.24, 2.45) is 0 Å². The number of hydrogen-bond donors (Lipinski definition) is 0. The number of benzene rings is 2. The van der Waals surface area contributed by atoms with Crippen LogP contribution in [0.2, 0.25) is 0 Å². The zero-order valence-electron chi connectivity index (χ0n) is 14.0. The molecule has 3 aromatic rings. The SMILES string of the molecule is COc1ccc(Cn2cc(Br)c(=O)n(Cc3ccc(F)cc3)c2=O)cc1. The molecule has 0 atom stereocenters. The van der Waals surface area contributed by atoms with Crippen LogP contribution in [0.1, 0.15) is 11.1 Å². The molecule has 0 saturated carbocycles. The number of nitrogens with zero attached hydrogens (tertiary/aromatic N) is 2. The van der Waals surface area contributed by atoms with Crippen LogP contribution in [-0.4, -0.2) is 16.2 Å². The van der Waals surface area contributed by atoms with Crippen LogP contribution in [0, 0.1) is 5.82 Å². The molecule has 134 valence electrons. The Balaban J connectivity index is 1.96. The predicted molar refractivity (Wildman–Crippen MR) is 100 cm³/mol. The summed E-state index contributed by atoms with van der Waals surface area (Å²) in [5, 5.41) is 0. The Morgan fingerprint density at radius 1 is 0.962 bits per heavy atom. The van der Waals surface area contributed by atoms with Crippen molar-refractivity contribution < 1.29 is 9.13 Å². The molecule has 0 radical (unpaired) electrons. The van der Waals surface area contributed by atoms with E-state index in [-0.39, 0.29) is 16.8 Å². The van der Waals surface area contributed by atoms with Gasteiger partial charge in [-0.15, -0.1) is 0 Å². The fraction of sp³-hybridized carbons (Fsp3) is 0.158. The first kappa shape index (κ1) is 18.1. The largest absolute Gasteiger partial charge is 0.497 e. The van der Waals surface area contributed by atoms with E-state index in [4.69, 9.17) is 4.74 Å². The molecule has 0 spiro atoms. The van der Waals surface area contributed by atoms with Gasteiger partial charge in [0.2, 0.25) is 0 Å². The molecule has 0 aliphatic heterocycles. The first-order valence-corrected chi connectivity index (χ1v) is 8.64. The van der Waals surface area contributed by atoms with Gasteiger partial charge in [0.15, 0.2) is 0 Å². The monoisotopic (exact) mass is 418 g/mol. The van der Waals surface area contributed by atoms with E-state index in [0.29, 0.717) is 12.1 Å². The molecule has 0 fully saturated rings. The standard InChI is InChI=1S/C19H16BrFN2O3/c1-26-16-8-4-13(5-9-16)10-22-12-17(20)18(24)23(19(22)25)11-14-2-6-15(21)7-3-14/h2-9,12H,10-11H2,1H3. The Kier molecular flexibility index (Phi) is 5.37.